The van der Waals surface area contributed by atoms with Gasteiger partial charge in [-0.25, -0.2) is 4.98 Å². The van der Waals surface area contributed by atoms with Crippen molar-refractivity contribution in [2.75, 3.05) is 24.6 Å². The number of aromatic nitrogens is 2. The minimum Gasteiger partial charge on any atom is -0.465 e. The Labute approximate surface area is 112 Å². The SMILES string of the molecule is CCCN(CC(=O)OCC)c1cccc2nccn12. The van der Waals surface area contributed by atoms with E-state index in [0.29, 0.717) is 6.61 Å². The Balaban J connectivity index is 2.27. The fraction of sp³-hybridized carbons (Fsp3) is 0.429. The molecule has 0 spiro atoms. The molecular weight excluding hydrogens is 242 g/mol. The molecule has 0 saturated heterocycles. The number of hydrogen-bond donors (Lipinski definition) is 0. The van der Waals surface area contributed by atoms with Gasteiger partial charge in [-0.2, -0.15) is 0 Å². The molecule has 2 aromatic heterocycles. The van der Waals surface area contributed by atoms with Crippen molar-refractivity contribution >= 4 is 17.4 Å². The molecule has 0 radical (unpaired) electrons. The molecule has 2 heterocycles. The van der Waals surface area contributed by atoms with Crippen LogP contribution in [0.1, 0.15) is 20.3 Å². The van der Waals surface area contributed by atoms with Crippen LogP contribution in [0.5, 0.6) is 0 Å². The maximum absolute atomic E-state index is 11.7. The Kier molecular flexibility index (Phi) is 4.39. The predicted molar refractivity (Wildman–Crippen MR) is 74.3 cm³/mol. The largest absolute Gasteiger partial charge is 0.465 e. The number of rotatable bonds is 6. The molecule has 0 fully saturated rings. The van der Waals surface area contributed by atoms with Gasteiger partial charge >= 0.3 is 5.97 Å². The van der Waals surface area contributed by atoms with Crippen LogP contribution in [-0.4, -0.2) is 35.1 Å². The van der Waals surface area contributed by atoms with Crippen molar-refractivity contribution in [3.8, 4) is 0 Å². The third-order valence-electron chi connectivity index (χ3n) is 2.85. The molecule has 0 aromatic carbocycles. The Hall–Kier alpha value is -2.04. The average Bonchev–Trinajstić information content (AvgIpc) is 2.86. The van der Waals surface area contributed by atoms with E-state index in [0.717, 1.165) is 24.4 Å². The summed E-state index contributed by atoms with van der Waals surface area (Å²) in [6.07, 6.45) is 4.62. The van der Waals surface area contributed by atoms with Crippen LogP contribution in [-0.2, 0) is 9.53 Å². The summed E-state index contributed by atoms with van der Waals surface area (Å²) < 4.78 is 7.01. The normalized spacial score (nSPS) is 10.6. The maximum atomic E-state index is 11.7. The molecule has 0 atom stereocenters. The molecule has 0 bridgehead atoms. The summed E-state index contributed by atoms with van der Waals surface area (Å²) in [5.41, 5.74) is 0.877. The molecule has 5 nitrogen and oxygen atoms in total. The highest BCUT2D eigenvalue weighted by atomic mass is 16.5. The van der Waals surface area contributed by atoms with Crippen molar-refractivity contribution in [3.63, 3.8) is 0 Å². The van der Waals surface area contributed by atoms with Crippen LogP contribution in [0.3, 0.4) is 0 Å². The summed E-state index contributed by atoms with van der Waals surface area (Å²) in [7, 11) is 0. The second kappa shape index (κ2) is 6.22. The number of hydrogen-bond acceptors (Lipinski definition) is 4. The molecular formula is C14H19N3O2. The highest BCUT2D eigenvalue weighted by Crippen LogP contribution is 2.16. The summed E-state index contributed by atoms with van der Waals surface area (Å²) in [5, 5.41) is 0. The Bertz CT molecular complexity index is 550. The molecule has 0 saturated carbocycles. The highest BCUT2D eigenvalue weighted by molar-refractivity contribution is 5.75. The number of carbonyl (C=O) groups excluding carboxylic acids is 1. The van der Waals surface area contributed by atoms with Crippen LogP contribution in [0, 0.1) is 0 Å². The number of nitrogens with zero attached hydrogens (tertiary/aromatic N) is 3. The standard InChI is InChI=1S/C14H19N3O2/c1-3-9-16(11-14(18)19-4-2)13-7-5-6-12-15-8-10-17(12)13/h5-8,10H,3-4,9,11H2,1-2H3. The number of anilines is 1. The quantitative estimate of drug-likeness (QED) is 0.747. The second-order valence-electron chi connectivity index (χ2n) is 4.27. The first-order valence-electron chi connectivity index (χ1n) is 6.59. The Morgan fingerprint density at radius 3 is 3.00 bits per heavy atom. The van der Waals surface area contributed by atoms with E-state index in [1.165, 1.54) is 0 Å². The van der Waals surface area contributed by atoms with Crippen LogP contribution in [0.15, 0.2) is 30.6 Å². The van der Waals surface area contributed by atoms with Crippen LogP contribution in [0.4, 0.5) is 5.82 Å². The summed E-state index contributed by atoms with van der Waals surface area (Å²) >= 11 is 0. The van der Waals surface area contributed by atoms with Crippen LogP contribution in [0.2, 0.25) is 0 Å². The molecule has 2 aromatic rings. The van der Waals surface area contributed by atoms with Crippen LogP contribution in [0.25, 0.3) is 5.65 Å². The monoisotopic (exact) mass is 261 g/mol. The number of fused-ring (bicyclic) bond motifs is 1. The molecule has 0 aliphatic rings. The number of pyridine rings is 1. The molecule has 0 aliphatic heterocycles. The minimum absolute atomic E-state index is 0.201. The van der Waals surface area contributed by atoms with Gasteiger partial charge in [-0.15, -0.1) is 0 Å². The lowest BCUT2D eigenvalue weighted by atomic mass is 10.3. The van der Waals surface area contributed by atoms with Crippen molar-refractivity contribution in [1.29, 1.82) is 0 Å². The molecule has 0 unspecified atom stereocenters. The first-order chi connectivity index (χ1) is 9.26. The number of ether oxygens (including phenoxy) is 1. The first kappa shape index (κ1) is 13.4. The maximum Gasteiger partial charge on any atom is 0.325 e. The Morgan fingerprint density at radius 1 is 1.42 bits per heavy atom. The Morgan fingerprint density at radius 2 is 2.26 bits per heavy atom. The summed E-state index contributed by atoms with van der Waals surface area (Å²) in [5.74, 6) is 0.762. The van der Waals surface area contributed by atoms with Crippen molar-refractivity contribution in [2.24, 2.45) is 0 Å². The van der Waals surface area contributed by atoms with E-state index >= 15 is 0 Å². The van der Waals surface area contributed by atoms with Crippen LogP contribution >= 0.6 is 0 Å². The van der Waals surface area contributed by atoms with E-state index in [1.54, 1.807) is 6.20 Å². The number of carbonyl (C=O) groups is 1. The van der Waals surface area contributed by atoms with E-state index in [1.807, 2.05) is 40.6 Å². The summed E-state index contributed by atoms with van der Waals surface area (Å²) in [6.45, 7) is 5.38. The molecule has 2 rings (SSSR count). The lowest BCUT2D eigenvalue weighted by Gasteiger charge is -2.24. The van der Waals surface area contributed by atoms with Gasteiger partial charge in [0.05, 0.1) is 6.61 Å². The third-order valence-corrected chi connectivity index (χ3v) is 2.85. The van der Waals surface area contributed by atoms with Crippen molar-refractivity contribution in [2.45, 2.75) is 20.3 Å². The van der Waals surface area contributed by atoms with Gasteiger partial charge in [0.25, 0.3) is 0 Å². The molecule has 5 heteroatoms. The van der Waals surface area contributed by atoms with E-state index in [2.05, 4.69) is 11.9 Å². The first-order valence-corrected chi connectivity index (χ1v) is 6.59. The summed E-state index contributed by atoms with van der Waals surface area (Å²) in [6, 6.07) is 5.88. The fourth-order valence-electron chi connectivity index (χ4n) is 2.10. The zero-order valence-electron chi connectivity index (χ0n) is 11.4. The van der Waals surface area contributed by atoms with Crippen molar-refractivity contribution < 1.29 is 9.53 Å². The zero-order valence-corrected chi connectivity index (χ0v) is 11.4. The van der Waals surface area contributed by atoms with Gasteiger partial charge in [0, 0.05) is 18.9 Å². The van der Waals surface area contributed by atoms with E-state index in [4.69, 9.17) is 4.74 Å². The van der Waals surface area contributed by atoms with Gasteiger partial charge in [0.1, 0.15) is 18.0 Å². The summed E-state index contributed by atoms with van der Waals surface area (Å²) in [4.78, 5) is 18.0. The molecule has 0 amide bonds. The van der Waals surface area contributed by atoms with Gasteiger partial charge in [0.2, 0.25) is 0 Å². The lowest BCUT2D eigenvalue weighted by Crippen LogP contribution is -2.33. The van der Waals surface area contributed by atoms with Gasteiger partial charge in [-0.1, -0.05) is 13.0 Å². The van der Waals surface area contributed by atoms with E-state index in [-0.39, 0.29) is 12.5 Å². The minimum atomic E-state index is -0.201. The third kappa shape index (κ3) is 3.05. The number of imidazole rings is 1. The van der Waals surface area contributed by atoms with Crippen molar-refractivity contribution in [1.82, 2.24) is 9.38 Å². The smallest absolute Gasteiger partial charge is 0.325 e. The molecule has 0 N–H and O–H groups in total. The van der Waals surface area contributed by atoms with Gasteiger partial charge in [-0.3, -0.25) is 9.20 Å². The fourth-order valence-corrected chi connectivity index (χ4v) is 2.10. The van der Waals surface area contributed by atoms with Gasteiger partial charge < -0.3 is 9.64 Å². The number of esters is 1. The molecule has 102 valence electrons. The molecule has 0 aliphatic carbocycles. The topological polar surface area (TPSA) is 46.8 Å². The lowest BCUT2D eigenvalue weighted by molar-refractivity contribution is -0.141. The van der Waals surface area contributed by atoms with Crippen molar-refractivity contribution in [3.05, 3.63) is 30.6 Å². The molecule has 19 heavy (non-hydrogen) atoms. The second-order valence-corrected chi connectivity index (χ2v) is 4.27. The van der Waals surface area contributed by atoms with Gasteiger partial charge in [0.15, 0.2) is 0 Å². The van der Waals surface area contributed by atoms with E-state index in [9.17, 15) is 4.79 Å². The zero-order chi connectivity index (χ0) is 13.7. The predicted octanol–water partition coefficient (Wildman–Crippen LogP) is 2.11. The van der Waals surface area contributed by atoms with Gasteiger partial charge in [-0.05, 0) is 25.5 Å². The van der Waals surface area contributed by atoms with E-state index < -0.39 is 0 Å². The van der Waals surface area contributed by atoms with Crippen LogP contribution < -0.4 is 4.90 Å². The highest BCUT2D eigenvalue weighted by Gasteiger charge is 2.14. The average molecular weight is 261 g/mol.